The Morgan fingerprint density at radius 1 is 1.29 bits per heavy atom. The summed E-state index contributed by atoms with van der Waals surface area (Å²) in [5.74, 6) is -0.411. The van der Waals surface area contributed by atoms with Gasteiger partial charge in [-0.05, 0) is 12.8 Å². The highest BCUT2D eigenvalue weighted by molar-refractivity contribution is 5.93. The van der Waals surface area contributed by atoms with Crippen molar-refractivity contribution in [2.24, 2.45) is 14.1 Å². The van der Waals surface area contributed by atoms with E-state index in [1.54, 1.807) is 7.11 Å². The number of nitrogens with one attached hydrogen (secondary N) is 1. The van der Waals surface area contributed by atoms with Crippen LogP contribution in [0.4, 0.5) is 0 Å². The van der Waals surface area contributed by atoms with Gasteiger partial charge in [0.1, 0.15) is 5.69 Å². The maximum absolute atomic E-state index is 12.4. The molecule has 7 heteroatoms. The predicted molar refractivity (Wildman–Crippen MR) is 77.5 cm³/mol. The molecule has 0 bridgehead atoms. The van der Waals surface area contributed by atoms with Gasteiger partial charge in [-0.15, -0.1) is 0 Å². The fourth-order valence-electron chi connectivity index (χ4n) is 2.89. The third kappa shape index (κ3) is 2.92. The van der Waals surface area contributed by atoms with E-state index in [0.717, 1.165) is 30.3 Å². The maximum atomic E-state index is 12.4. The summed E-state index contributed by atoms with van der Waals surface area (Å²) < 4.78 is 7.37. The third-order valence-corrected chi connectivity index (χ3v) is 4.12. The van der Waals surface area contributed by atoms with Gasteiger partial charge >= 0.3 is 5.69 Å². The smallest absolute Gasteiger partial charge is 0.331 e. The summed E-state index contributed by atoms with van der Waals surface area (Å²) in [5, 5.41) is 2.95. The Morgan fingerprint density at radius 3 is 2.48 bits per heavy atom. The molecule has 1 saturated carbocycles. The second kappa shape index (κ2) is 5.85. The number of rotatable bonds is 4. The van der Waals surface area contributed by atoms with Gasteiger partial charge in [-0.3, -0.25) is 18.7 Å². The highest BCUT2D eigenvalue weighted by Gasteiger charge is 2.36. The SMILES string of the molecule is COCC1(NC(=O)c2cc(=O)n(C)c(=O)n2C)CCCC1. The zero-order valence-electron chi connectivity index (χ0n) is 12.6. The van der Waals surface area contributed by atoms with Crippen molar-refractivity contribution >= 4 is 5.91 Å². The summed E-state index contributed by atoms with van der Waals surface area (Å²) >= 11 is 0. The molecule has 1 aromatic heterocycles. The number of hydrogen-bond acceptors (Lipinski definition) is 4. The van der Waals surface area contributed by atoms with Gasteiger partial charge in [0.05, 0.1) is 12.1 Å². The van der Waals surface area contributed by atoms with Gasteiger partial charge in [0.25, 0.3) is 11.5 Å². The lowest BCUT2D eigenvalue weighted by molar-refractivity contribution is 0.0758. The standard InChI is InChI=1S/C14H21N3O4/c1-16-10(8-11(18)17(2)13(16)20)12(19)15-14(9-21-3)6-4-5-7-14/h8H,4-7,9H2,1-3H3,(H,15,19). The summed E-state index contributed by atoms with van der Waals surface area (Å²) in [4.78, 5) is 36.0. The van der Waals surface area contributed by atoms with Crippen molar-refractivity contribution in [2.75, 3.05) is 13.7 Å². The van der Waals surface area contributed by atoms with Crippen LogP contribution in [0.5, 0.6) is 0 Å². The third-order valence-electron chi connectivity index (χ3n) is 4.12. The van der Waals surface area contributed by atoms with E-state index in [1.807, 2.05) is 0 Å². The Labute approximate surface area is 122 Å². The highest BCUT2D eigenvalue weighted by atomic mass is 16.5. The van der Waals surface area contributed by atoms with Crippen LogP contribution in [0.2, 0.25) is 0 Å². The van der Waals surface area contributed by atoms with E-state index in [1.165, 1.54) is 24.7 Å². The first kappa shape index (κ1) is 15.5. The zero-order valence-corrected chi connectivity index (χ0v) is 12.6. The summed E-state index contributed by atoms with van der Waals surface area (Å²) in [6.45, 7) is 0.428. The minimum atomic E-state index is -0.514. The first-order valence-electron chi connectivity index (χ1n) is 6.99. The molecule has 1 aliphatic rings. The summed E-state index contributed by atoms with van der Waals surface area (Å²) in [6.07, 6.45) is 3.73. The van der Waals surface area contributed by atoms with E-state index in [2.05, 4.69) is 5.32 Å². The van der Waals surface area contributed by atoms with Crippen molar-refractivity contribution in [1.29, 1.82) is 0 Å². The number of carbonyl (C=O) groups is 1. The van der Waals surface area contributed by atoms with Crippen LogP contribution in [0.1, 0.15) is 36.2 Å². The van der Waals surface area contributed by atoms with Gasteiger partial charge in [0, 0.05) is 27.3 Å². The van der Waals surface area contributed by atoms with Crippen LogP contribution in [-0.4, -0.2) is 34.3 Å². The molecule has 1 aromatic rings. The molecule has 116 valence electrons. The Balaban J connectivity index is 2.33. The van der Waals surface area contributed by atoms with Crippen LogP contribution >= 0.6 is 0 Å². The van der Waals surface area contributed by atoms with Crippen molar-refractivity contribution in [2.45, 2.75) is 31.2 Å². The number of nitrogens with zero attached hydrogens (tertiary/aromatic N) is 2. The van der Waals surface area contributed by atoms with Gasteiger partial charge in [-0.1, -0.05) is 12.8 Å². The molecule has 1 amide bonds. The average Bonchev–Trinajstić information content (AvgIpc) is 2.89. The molecule has 2 rings (SSSR count). The lowest BCUT2D eigenvalue weighted by Gasteiger charge is -2.29. The first-order chi connectivity index (χ1) is 9.90. The van der Waals surface area contributed by atoms with Crippen molar-refractivity contribution in [3.8, 4) is 0 Å². The van der Waals surface area contributed by atoms with Crippen molar-refractivity contribution in [1.82, 2.24) is 14.5 Å². The number of ether oxygens (including phenoxy) is 1. The van der Waals surface area contributed by atoms with Crippen LogP contribution in [0.15, 0.2) is 15.7 Å². The Hall–Kier alpha value is -1.89. The van der Waals surface area contributed by atoms with Gasteiger partial charge in [-0.2, -0.15) is 0 Å². The molecule has 0 radical (unpaired) electrons. The number of amides is 1. The molecule has 0 unspecified atom stereocenters. The topological polar surface area (TPSA) is 82.3 Å². The molecule has 0 atom stereocenters. The van der Waals surface area contributed by atoms with Crippen LogP contribution in [0, 0.1) is 0 Å². The van der Waals surface area contributed by atoms with E-state index >= 15 is 0 Å². The Morgan fingerprint density at radius 2 is 1.90 bits per heavy atom. The first-order valence-corrected chi connectivity index (χ1v) is 6.99. The molecule has 1 aliphatic carbocycles. The van der Waals surface area contributed by atoms with E-state index < -0.39 is 22.7 Å². The maximum Gasteiger partial charge on any atom is 0.331 e. The fourth-order valence-corrected chi connectivity index (χ4v) is 2.89. The Bertz CT molecular complexity index is 653. The average molecular weight is 295 g/mol. The second-order valence-electron chi connectivity index (χ2n) is 5.64. The van der Waals surface area contributed by atoms with E-state index in [9.17, 15) is 14.4 Å². The molecule has 1 heterocycles. The van der Waals surface area contributed by atoms with Crippen LogP contribution < -0.4 is 16.6 Å². The number of aromatic nitrogens is 2. The molecule has 1 N–H and O–H groups in total. The fraction of sp³-hybridized carbons (Fsp3) is 0.643. The molecular weight excluding hydrogens is 274 g/mol. The van der Waals surface area contributed by atoms with Crippen LogP contribution in [0.3, 0.4) is 0 Å². The van der Waals surface area contributed by atoms with Crippen molar-refractivity contribution < 1.29 is 9.53 Å². The summed E-state index contributed by atoms with van der Waals surface area (Å²) in [6, 6.07) is 1.19. The molecule has 0 spiro atoms. The van der Waals surface area contributed by atoms with E-state index in [0.29, 0.717) is 6.61 Å². The van der Waals surface area contributed by atoms with Gasteiger partial charge < -0.3 is 10.1 Å². The monoisotopic (exact) mass is 295 g/mol. The van der Waals surface area contributed by atoms with Crippen LogP contribution in [-0.2, 0) is 18.8 Å². The number of hydrogen-bond donors (Lipinski definition) is 1. The minimum Gasteiger partial charge on any atom is -0.382 e. The molecule has 1 fully saturated rings. The molecule has 7 nitrogen and oxygen atoms in total. The molecule has 0 aliphatic heterocycles. The number of carbonyl (C=O) groups excluding carboxylic acids is 1. The van der Waals surface area contributed by atoms with E-state index in [-0.39, 0.29) is 5.69 Å². The van der Waals surface area contributed by atoms with Gasteiger partial charge in [-0.25, -0.2) is 4.79 Å². The highest BCUT2D eigenvalue weighted by Crippen LogP contribution is 2.30. The lowest BCUT2D eigenvalue weighted by Crippen LogP contribution is -2.51. The molecular formula is C14H21N3O4. The normalized spacial score (nSPS) is 16.9. The van der Waals surface area contributed by atoms with Gasteiger partial charge in [0.15, 0.2) is 0 Å². The number of methoxy groups -OCH3 is 1. The van der Waals surface area contributed by atoms with E-state index in [4.69, 9.17) is 4.74 Å². The zero-order chi connectivity index (χ0) is 15.6. The molecule has 21 heavy (non-hydrogen) atoms. The lowest BCUT2D eigenvalue weighted by atomic mass is 9.98. The second-order valence-corrected chi connectivity index (χ2v) is 5.64. The minimum absolute atomic E-state index is 0.0745. The molecule has 0 aromatic carbocycles. The molecule has 0 saturated heterocycles. The van der Waals surface area contributed by atoms with Gasteiger partial charge in [0.2, 0.25) is 0 Å². The largest absolute Gasteiger partial charge is 0.382 e. The quantitative estimate of drug-likeness (QED) is 0.832. The Kier molecular flexibility index (Phi) is 4.32. The summed E-state index contributed by atoms with van der Waals surface area (Å²) in [5.41, 5.74) is -1.33. The van der Waals surface area contributed by atoms with Crippen molar-refractivity contribution in [3.63, 3.8) is 0 Å². The van der Waals surface area contributed by atoms with Crippen molar-refractivity contribution in [3.05, 3.63) is 32.6 Å². The van der Waals surface area contributed by atoms with Crippen LogP contribution in [0.25, 0.3) is 0 Å². The summed E-state index contributed by atoms with van der Waals surface area (Å²) in [7, 11) is 4.46. The predicted octanol–water partition coefficient (Wildman–Crippen LogP) is -0.227.